The van der Waals surface area contributed by atoms with Gasteiger partial charge in [0.15, 0.2) is 0 Å². The Labute approximate surface area is 226 Å². The summed E-state index contributed by atoms with van der Waals surface area (Å²) in [4.78, 5) is 29.3. The summed E-state index contributed by atoms with van der Waals surface area (Å²) >= 11 is 0. The van der Waals surface area contributed by atoms with Crippen LogP contribution in [0, 0.1) is 12.8 Å². The van der Waals surface area contributed by atoms with Gasteiger partial charge in [0.1, 0.15) is 0 Å². The van der Waals surface area contributed by atoms with Gasteiger partial charge in [-0.15, -0.1) is 0 Å². The van der Waals surface area contributed by atoms with E-state index in [9.17, 15) is 22.8 Å². The second-order valence-corrected chi connectivity index (χ2v) is 11.3. The monoisotopic (exact) mass is 546 g/mol. The van der Waals surface area contributed by atoms with Crippen molar-refractivity contribution in [3.05, 3.63) is 63.1 Å². The molecule has 2 aliphatic heterocycles. The number of likely N-dealkylation sites (tertiary alicyclic amines) is 1. The van der Waals surface area contributed by atoms with Crippen LogP contribution in [0.1, 0.15) is 78.2 Å². The first kappa shape index (κ1) is 27.7. The fraction of sp³-hybridized carbons (Fsp3) is 0.586. The zero-order valence-corrected chi connectivity index (χ0v) is 22.7. The predicted octanol–water partition coefficient (Wildman–Crippen LogP) is 4.91. The van der Waals surface area contributed by atoms with Crippen LogP contribution in [0.15, 0.2) is 35.3 Å². The molecule has 0 spiro atoms. The van der Waals surface area contributed by atoms with E-state index < -0.39 is 23.7 Å². The van der Waals surface area contributed by atoms with Gasteiger partial charge in [0.25, 0.3) is 11.5 Å². The van der Waals surface area contributed by atoms with Crippen LogP contribution in [0.5, 0.6) is 0 Å². The maximum Gasteiger partial charge on any atom is 0.416 e. The van der Waals surface area contributed by atoms with Gasteiger partial charge in [-0.3, -0.25) is 9.59 Å². The lowest BCUT2D eigenvalue weighted by atomic mass is 9.86. The summed E-state index contributed by atoms with van der Waals surface area (Å²) in [6.07, 6.45) is 1.60. The Morgan fingerprint density at radius 2 is 1.90 bits per heavy atom. The van der Waals surface area contributed by atoms with Gasteiger partial charge < -0.3 is 24.8 Å². The van der Waals surface area contributed by atoms with Gasteiger partial charge in [-0.05, 0) is 76.1 Å². The summed E-state index contributed by atoms with van der Waals surface area (Å²) in [5, 5.41) is 6.43. The van der Waals surface area contributed by atoms with Crippen molar-refractivity contribution in [1.82, 2.24) is 14.8 Å². The molecule has 39 heavy (non-hydrogen) atoms. The van der Waals surface area contributed by atoms with Gasteiger partial charge in [-0.25, -0.2) is 0 Å². The normalized spacial score (nSPS) is 24.9. The minimum absolute atomic E-state index is 0.0774. The fourth-order valence-electron chi connectivity index (χ4n) is 6.67. The third kappa shape index (κ3) is 5.72. The van der Waals surface area contributed by atoms with Gasteiger partial charge in [-0.2, -0.15) is 13.2 Å². The fourth-order valence-corrected chi connectivity index (χ4v) is 6.67. The van der Waals surface area contributed by atoms with Gasteiger partial charge >= 0.3 is 6.18 Å². The summed E-state index contributed by atoms with van der Waals surface area (Å²) in [5.41, 5.74) is 0.377. The number of benzene rings is 1. The summed E-state index contributed by atoms with van der Waals surface area (Å²) < 4.78 is 47.6. The van der Waals surface area contributed by atoms with Crippen molar-refractivity contribution in [2.45, 2.75) is 76.3 Å². The minimum Gasteiger partial charge on any atom is -0.381 e. The number of alkyl halides is 3. The summed E-state index contributed by atoms with van der Waals surface area (Å²) in [6, 6.07) is 5.19. The van der Waals surface area contributed by atoms with Gasteiger partial charge in [0, 0.05) is 50.1 Å². The number of fused-ring (bicyclic) bond motifs is 2. The van der Waals surface area contributed by atoms with E-state index >= 15 is 0 Å². The number of aromatic nitrogens is 1. The van der Waals surface area contributed by atoms with E-state index in [4.69, 9.17) is 4.74 Å². The molecule has 7 nitrogen and oxygen atoms in total. The quantitative estimate of drug-likeness (QED) is 0.539. The van der Waals surface area contributed by atoms with E-state index in [1.165, 1.54) is 19.1 Å². The number of anilines is 1. The Bertz CT molecular complexity index is 1270. The number of nitrogens with zero attached hydrogens (tertiary/aromatic N) is 2. The van der Waals surface area contributed by atoms with Crippen molar-refractivity contribution in [2.75, 3.05) is 32.1 Å². The molecule has 2 saturated heterocycles. The number of hydrogen-bond acceptors (Lipinski definition) is 5. The number of ether oxygens (including phenoxy) is 1. The number of nitrogens with one attached hydrogen (secondary N) is 2. The summed E-state index contributed by atoms with van der Waals surface area (Å²) in [6.45, 7) is 5.24. The molecule has 3 heterocycles. The van der Waals surface area contributed by atoms with Crippen molar-refractivity contribution in [3.8, 4) is 0 Å². The molecule has 10 heteroatoms. The Morgan fingerprint density at radius 3 is 2.62 bits per heavy atom. The van der Waals surface area contributed by atoms with E-state index in [0.29, 0.717) is 54.8 Å². The number of rotatable bonds is 6. The molecule has 5 rings (SSSR count). The van der Waals surface area contributed by atoms with Crippen LogP contribution in [-0.4, -0.2) is 54.3 Å². The molecule has 3 fully saturated rings. The highest BCUT2D eigenvalue weighted by Gasteiger charge is 2.40. The average Bonchev–Trinajstić information content (AvgIpc) is 3.19. The van der Waals surface area contributed by atoms with Crippen molar-refractivity contribution in [2.24, 2.45) is 5.92 Å². The molecular weight excluding hydrogens is 509 g/mol. The Kier molecular flexibility index (Phi) is 7.79. The number of carbonyl (C=O) groups is 1. The molecule has 1 aromatic heterocycles. The van der Waals surface area contributed by atoms with Gasteiger partial charge in [-0.1, -0.05) is 12.1 Å². The maximum absolute atomic E-state index is 13.7. The number of carbonyl (C=O) groups excluding carboxylic acids is 1. The maximum atomic E-state index is 13.7. The molecular formula is C29H37F3N4O3. The number of pyridine rings is 1. The number of halogens is 3. The minimum atomic E-state index is -4.48. The highest BCUT2D eigenvalue weighted by molar-refractivity contribution is 5.99. The van der Waals surface area contributed by atoms with Crippen LogP contribution < -0.4 is 16.2 Å². The molecule has 0 radical (unpaired) electrons. The van der Waals surface area contributed by atoms with E-state index in [0.717, 1.165) is 31.9 Å². The van der Waals surface area contributed by atoms with Gasteiger partial charge in [0.05, 0.1) is 22.9 Å². The highest BCUT2D eigenvalue weighted by atomic mass is 19.4. The summed E-state index contributed by atoms with van der Waals surface area (Å²) in [5.74, 6) is 0.245. The topological polar surface area (TPSA) is 75.6 Å². The Hall–Kier alpha value is -2.85. The van der Waals surface area contributed by atoms with E-state index in [1.54, 1.807) is 23.8 Å². The largest absolute Gasteiger partial charge is 0.416 e. The predicted molar refractivity (Wildman–Crippen MR) is 143 cm³/mol. The lowest BCUT2D eigenvalue weighted by Gasteiger charge is -2.33. The molecule has 1 aliphatic carbocycles. The second-order valence-electron chi connectivity index (χ2n) is 11.3. The number of likely N-dealkylation sites (N-methyl/N-ethyl adjacent to an activating group) is 1. The van der Waals surface area contributed by atoms with Crippen LogP contribution >= 0.6 is 0 Å². The zero-order chi connectivity index (χ0) is 27.9. The van der Waals surface area contributed by atoms with Crippen LogP contribution in [-0.2, 0) is 10.9 Å². The third-order valence-corrected chi connectivity index (χ3v) is 8.78. The molecule has 1 aromatic carbocycles. The molecule has 1 saturated carbocycles. The van der Waals surface area contributed by atoms with Crippen molar-refractivity contribution < 1.29 is 22.7 Å². The first-order valence-electron chi connectivity index (χ1n) is 13.8. The molecule has 4 atom stereocenters. The molecule has 2 N–H and O–H groups in total. The molecule has 1 amide bonds. The average molecular weight is 547 g/mol. The van der Waals surface area contributed by atoms with Crippen LogP contribution in [0.3, 0.4) is 0 Å². The van der Waals surface area contributed by atoms with E-state index in [2.05, 4.69) is 22.6 Å². The molecule has 2 aromatic rings. The molecule has 3 aliphatic rings. The first-order valence-corrected chi connectivity index (χ1v) is 13.8. The lowest BCUT2D eigenvalue weighted by molar-refractivity contribution is -0.138. The van der Waals surface area contributed by atoms with E-state index in [-0.39, 0.29) is 23.2 Å². The zero-order valence-electron chi connectivity index (χ0n) is 22.7. The second kappa shape index (κ2) is 11.0. The Balaban J connectivity index is 1.46. The van der Waals surface area contributed by atoms with Crippen LogP contribution in [0.25, 0.3) is 0 Å². The van der Waals surface area contributed by atoms with Crippen molar-refractivity contribution >= 4 is 11.6 Å². The third-order valence-electron chi connectivity index (χ3n) is 8.78. The lowest BCUT2D eigenvalue weighted by Crippen LogP contribution is -2.43. The molecule has 2 bridgehead atoms. The van der Waals surface area contributed by atoms with Gasteiger partial charge in [0.2, 0.25) is 0 Å². The number of amides is 1. The van der Waals surface area contributed by atoms with Crippen molar-refractivity contribution in [1.29, 1.82) is 0 Å². The molecule has 1 unspecified atom stereocenters. The van der Waals surface area contributed by atoms with E-state index in [1.807, 2.05) is 0 Å². The SMILES string of the molecule is Cc1c([C@@H](C)NC(=O)c2cn(C3CCOCC3)c(=O)cc2N[C@@H]2CCC3C[C@H]2N(C)C3)cccc1C(F)(F)F. The smallest absolute Gasteiger partial charge is 0.381 e. The van der Waals surface area contributed by atoms with Crippen molar-refractivity contribution in [3.63, 3.8) is 0 Å². The number of hydrogen-bond donors (Lipinski definition) is 2. The summed E-state index contributed by atoms with van der Waals surface area (Å²) in [7, 11) is 2.11. The Morgan fingerprint density at radius 1 is 1.15 bits per heavy atom. The van der Waals surface area contributed by atoms with Crippen LogP contribution in [0.4, 0.5) is 18.9 Å². The van der Waals surface area contributed by atoms with Crippen LogP contribution in [0.2, 0.25) is 0 Å². The standard InChI is InChI=1S/C29H37F3N4O3/c1-17-21(5-4-6-23(17)29(30,31)32)18(2)33-28(38)22-16-36(20-9-11-39-12-10-20)27(37)14-25(22)34-24-8-7-19-13-26(24)35(3)15-19/h4-6,14,16,18-20,24,26,34H,7-13,15H2,1-3H3,(H,33,38)/t18-,19?,24-,26-/m1/s1. The molecule has 212 valence electrons. The highest BCUT2D eigenvalue weighted by Crippen LogP contribution is 2.37. The first-order chi connectivity index (χ1) is 18.5.